The van der Waals surface area contributed by atoms with Crippen LogP contribution in [0.5, 0.6) is 0 Å². The summed E-state index contributed by atoms with van der Waals surface area (Å²) in [7, 11) is 1.70. The fraction of sp³-hybridized carbons (Fsp3) is 0.308. The first kappa shape index (κ1) is 20.3. The second-order valence-electron chi connectivity index (χ2n) is 7.88. The molecular weight excluding hydrogens is 371 g/mol. The highest BCUT2D eigenvalue weighted by atomic mass is 31.1. The fourth-order valence-electron chi connectivity index (χ4n) is 4.09. The lowest BCUT2D eigenvalue weighted by Crippen LogP contribution is -2.44. The lowest BCUT2D eigenvalue weighted by Gasteiger charge is -2.32. The lowest BCUT2D eigenvalue weighted by atomic mass is 10.1. The van der Waals surface area contributed by atoms with Crippen molar-refractivity contribution in [3.05, 3.63) is 90.5 Å². The van der Waals surface area contributed by atoms with Gasteiger partial charge in [0.1, 0.15) is 0 Å². The van der Waals surface area contributed by atoms with Gasteiger partial charge in [0.25, 0.3) is 0 Å². The van der Waals surface area contributed by atoms with Crippen molar-refractivity contribution >= 4 is 23.8 Å². The number of nitrogens with zero attached hydrogens (tertiary/aromatic N) is 2. The smallest absolute Gasteiger partial charge is 0.0110 e. The van der Waals surface area contributed by atoms with Crippen molar-refractivity contribution < 1.29 is 0 Å². The minimum Gasteiger partial charge on any atom is -0.304 e. The molecule has 0 spiro atoms. The van der Waals surface area contributed by atoms with Crippen molar-refractivity contribution in [2.45, 2.75) is 12.8 Å². The molecule has 0 unspecified atom stereocenters. The van der Waals surface area contributed by atoms with Gasteiger partial charge in [-0.15, -0.1) is 0 Å². The molecule has 0 amide bonds. The molecule has 0 aliphatic carbocycles. The maximum atomic E-state index is 2.62. The van der Waals surface area contributed by atoms with E-state index in [0.717, 1.165) is 6.42 Å². The second-order valence-corrected chi connectivity index (χ2v) is 10.1. The van der Waals surface area contributed by atoms with Crippen molar-refractivity contribution in [2.75, 3.05) is 39.8 Å². The molecule has 1 saturated heterocycles. The van der Waals surface area contributed by atoms with Crippen LogP contribution in [0, 0.1) is 0 Å². The molecule has 29 heavy (non-hydrogen) atoms. The van der Waals surface area contributed by atoms with Crippen LogP contribution in [0.25, 0.3) is 0 Å². The molecule has 0 bridgehead atoms. The average molecular weight is 403 g/mol. The van der Waals surface area contributed by atoms with Gasteiger partial charge < -0.3 is 9.80 Å². The molecule has 3 heteroatoms. The highest BCUT2D eigenvalue weighted by molar-refractivity contribution is 7.79. The molecule has 150 valence electrons. The zero-order chi connectivity index (χ0) is 19.9. The number of hydrogen-bond donors (Lipinski definition) is 0. The molecule has 0 N–H and O–H groups in total. The van der Waals surface area contributed by atoms with Crippen LogP contribution in [-0.2, 0) is 6.42 Å². The summed E-state index contributed by atoms with van der Waals surface area (Å²) in [5.74, 6) is 0. The van der Waals surface area contributed by atoms with Crippen LogP contribution in [0.1, 0.15) is 12.0 Å². The summed E-state index contributed by atoms with van der Waals surface area (Å²) in [4.78, 5) is 5.05. The second kappa shape index (κ2) is 10.2. The van der Waals surface area contributed by atoms with Gasteiger partial charge in [0.05, 0.1) is 0 Å². The third-order valence-electron chi connectivity index (χ3n) is 5.78. The van der Waals surface area contributed by atoms with Gasteiger partial charge in [-0.05, 0) is 55.8 Å². The van der Waals surface area contributed by atoms with E-state index < -0.39 is 7.92 Å². The van der Waals surface area contributed by atoms with Crippen LogP contribution < -0.4 is 15.9 Å². The van der Waals surface area contributed by atoms with E-state index in [1.165, 1.54) is 60.6 Å². The van der Waals surface area contributed by atoms with Gasteiger partial charge >= 0.3 is 0 Å². The molecule has 0 aromatic heterocycles. The highest BCUT2D eigenvalue weighted by Gasteiger charge is 2.19. The summed E-state index contributed by atoms with van der Waals surface area (Å²) in [6, 6.07) is 31.2. The van der Waals surface area contributed by atoms with E-state index >= 15 is 0 Å². The van der Waals surface area contributed by atoms with Crippen LogP contribution in [0.4, 0.5) is 0 Å². The van der Waals surface area contributed by atoms with E-state index in [4.69, 9.17) is 0 Å². The summed E-state index contributed by atoms with van der Waals surface area (Å²) in [6.07, 6.45) is 2.38. The van der Waals surface area contributed by atoms with Crippen molar-refractivity contribution in [1.29, 1.82) is 0 Å². The Hall–Kier alpha value is -1.99. The Morgan fingerprint density at radius 2 is 1.24 bits per heavy atom. The molecule has 3 aromatic rings. The van der Waals surface area contributed by atoms with Gasteiger partial charge in [0.2, 0.25) is 0 Å². The summed E-state index contributed by atoms with van der Waals surface area (Å²) in [6.45, 7) is 6.02. The summed E-state index contributed by atoms with van der Waals surface area (Å²) in [5.41, 5.74) is 1.51. The van der Waals surface area contributed by atoms with Gasteiger partial charge in [-0.25, -0.2) is 0 Å². The Bertz CT molecular complexity index is 834. The number of likely N-dealkylation sites (N-methyl/N-ethyl adjacent to an activating group) is 1. The van der Waals surface area contributed by atoms with E-state index in [1.807, 2.05) is 0 Å². The average Bonchev–Trinajstić information content (AvgIpc) is 2.78. The molecule has 0 saturated carbocycles. The molecule has 1 aliphatic heterocycles. The van der Waals surface area contributed by atoms with Crippen molar-refractivity contribution in [3.8, 4) is 0 Å². The normalized spacial score (nSPS) is 15.7. The predicted molar refractivity (Wildman–Crippen MR) is 127 cm³/mol. The number of hydrogen-bond acceptors (Lipinski definition) is 2. The molecule has 4 rings (SSSR count). The maximum absolute atomic E-state index is 2.62. The van der Waals surface area contributed by atoms with Gasteiger partial charge in [-0.2, -0.15) is 0 Å². The van der Waals surface area contributed by atoms with Crippen LogP contribution in [0.3, 0.4) is 0 Å². The standard InChI is InChI=1S/C26H31N2P/c1-27-19-21-28(22-20-27)18-10-12-23-11-8-9-17-26(23)29(24-13-4-2-5-14-24)25-15-6-3-7-16-25/h2-9,11,13-17H,10,12,18-22H2,1H3. The van der Waals surface area contributed by atoms with E-state index in [9.17, 15) is 0 Å². The van der Waals surface area contributed by atoms with Gasteiger partial charge in [-0.1, -0.05) is 84.9 Å². The van der Waals surface area contributed by atoms with Gasteiger partial charge in [0.15, 0.2) is 0 Å². The topological polar surface area (TPSA) is 6.48 Å². The molecule has 0 atom stereocenters. The SMILES string of the molecule is CN1CCN(CCCc2ccccc2P(c2ccccc2)c2ccccc2)CC1. The monoisotopic (exact) mass is 402 g/mol. The fourth-order valence-corrected chi connectivity index (χ4v) is 6.59. The van der Waals surface area contributed by atoms with Crippen LogP contribution >= 0.6 is 7.92 Å². The highest BCUT2D eigenvalue weighted by Crippen LogP contribution is 2.34. The Balaban J connectivity index is 1.55. The molecule has 1 aliphatic rings. The third kappa shape index (κ3) is 5.34. The Labute approximate surface area is 176 Å². The predicted octanol–water partition coefficient (Wildman–Crippen LogP) is 3.62. The summed E-state index contributed by atoms with van der Waals surface area (Å²) in [5, 5.41) is 4.37. The van der Waals surface area contributed by atoms with Crippen molar-refractivity contribution in [2.24, 2.45) is 0 Å². The minimum absolute atomic E-state index is 0.524. The van der Waals surface area contributed by atoms with Crippen LogP contribution in [0.2, 0.25) is 0 Å². The van der Waals surface area contributed by atoms with Crippen molar-refractivity contribution in [1.82, 2.24) is 9.80 Å². The summed E-state index contributed by atoms with van der Waals surface area (Å²) < 4.78 is 0. The number of aryl methyl sites for hydroxylation is 1. The molecule has 3 aromatic carbocycles. The molecule has 0 radical (unpaired) electrons. The van der Waals surface area contributed by atoms with E-state index in [0.29, 0.717) is 0 Å². The van der Waals surface area contributed by atoms with Crippen LogP contribution in [0.15, 0.2) is 84.9 Å². The quantitative estimate of drug-likeness (QED) is 0.557. The van der Waals surface area contributed by atoms with Crippen LogP contribution in [-0.4, -0.2) is 49.6 Å². The molecular formula is C26H31N2P. The Morgan fingerprint density at radius 1 is 0.690 bits per heavy atom. The first-order valence-corrected chi connectivity index (χ1v) is 12.0. The molecule has 1 heterocycles. The Morgan fingerprint density at radius 3 is 1.86 bits per heavy atom. The minimum atomic E-state index is -0.524. The first-order chi connectivity index (χ1) is 14.3. The maximum Gasteiger partial charge on any atom is 0.0110 e. The number of piperazine rings is 1. The number of rotatable bonds is 7. The Kier molecular flexibility index (Phi) is 7.11. The number of benzene rings is 3. The van der Waals surface area contributed by atoms with E-state index in [1.54, 1.807) is 0 Å². The zero-order valence-electron chi connectivity index (χ0n) is 17.4. The van der Waals surface area contributed by atoms with E-state index in [2.05, 4.69) is 102 Å². The largest absolute Gasteiger partial charge is 0.304 e. The van der Waals surface area contributed by atoms with E-state index in [-0.39, 0.29) is 0 Å². The lowest BCUT2D eigenvalue weighted by molar-refractivity contribution is 0.153. The van der Waals surface area contributed by atoms with Crippen molar-refractivity contribution in [3.63, 3.8) is 0 Å². The third-order valence-corrected chi connectivity index (χ3v) is 8.32. The zero-order valence-corrected chi connectivity index (χ0v) is 18.3. The molecule has 1 fully saturated rings. The molecule has 2 nitrogen and oxygen atoms in total. The van der Waals surface area contributed by atoms with Gasteiger partial charge in [0, 0.05) is 26.2 Å². The van der Waals surface area contributed by atoms with Gasteiger partial charge in [-0.3, -0.25) is 0 Å². The first-order valence-electron chi connectivity index (χ1n) is 10.7. The summed E-state index contributed by atoms with van der Waals surface area (Å²) >= 11 is 0.